The van der Waals surface area contributed by atoms with Crippen LogP contribution in [0.1, 0.15) is 5.56 Å². The van der Waals surface area contributed by atoms with Crippen molar-refractivity contribution < 1.29 is 4.39 Å². The van der Waals surface area contributed by atoms with Crippen LogP contribution in [-0.2, 0) is 0 Å². The second-order valence-corrected chi connectivity index (χ2v) is 4.13. The molecule has 0 aliphatic rings. The highest BCUT2D eigenvalue weighted by molar-refractivity contribution is 5.89. The van der Waals surface area contributed by atoms with Gasteiger partial charge in [-0.3, -0.25) is 5.43 Å². The van der Waals surface area contributed by atoms with Gasteiger partial charge in [0, 0.05) is 10.9 Å². The molecule has 0 radical (unpaired) electrons. The summed E-state index contributed by atoms with van der Waals surface area (Å²) in [4.78, 5) is 8.29. The van der Waals surface area contributed by atoms with Gasteiger partial charge in [-0.15, -0.1) is 0 Å². The Hall–Kier alpha value is -2.82. The second kappa shape index (κ2) is 5.44. The molecule has 0 saturated carbocycles. The highest BCUT2D eigenvalue weighted by atomic mass is 19.1. The number of fused-ring (bicyclic) bond motifs is 1. The molecule has 0 atom stereocenters. The molecule has 20 heavy (non-hydrogen) atoms. The molecular formula is C15H11FN4. The lowest BCUT2D eigenvalue weighted by Gasteiger charge is -2.03. The minimum atomic E-state index is -0.314. The van der Waals surface area contributed by atoms with Crippen LogP contribution in [0.2, 0.25) is 0 Å². The number of nitrogens with one attached hydrogen (secondary N) is 1. The summed E-state index contributed by atoms with van der Waals surface area (Å²) in [5.41, 5.74) is 4.06. The van der Waals surface area contributed by atoms with Crippen LogP contribution in [0, 0.1) is 5.82 Å². The van der Waals surface area contributed by atoms with Crippen LogP contribution >= 0.6 is 0 Å². The van der Waals surface area contributed by atoms with Crippen molar-refractivity contribution in [2.45, 2.75) is 0 Å². The van der Waals surface area contributed by atoms with Crippen molar-refractivity contribution in [2.24, 2.45) is 5.10 Å². The number of halogens is 1. The average molecular weight is 266 g/mol. The molecule has 0 unspecified atom stereocenters. The average Bonchev–Trinajstić information content (AvgIpc) is 2.49. The SMILES string of the molecule is Fc1ccccc1C=NNc1ncnc2ccccc12. The van der Waals surface area contributed by atoms with Gasteiger partial charge < -0.3 is 0 Å². The van der Waals surface area contributed by atoms with Gasteiger partial charge in [0.05, 0.1) is 11.7 Å². The molecule has 1 aromatic heterocycles. The zero-order valence-electron chi connectivity index (χ0n) is 10.5. The van der Waals surface area contributed by atoms with Gasteiger partial charge in [0.1, 0.15) is 12.1 Å². The standard InChI is InChI=1S/C15H11FN4/c16-13-7-3-1-5-11(13)9-19-20-15-12-6-2-4-8-14(12)17-10-18-15/h1-10H,(H,17,18,20). The number of anilines is 1. The van der Waals surface area contributed by atoms with Crippen LogP contribution in [0.3, 0.4) is 0 Å². The molecule has 2 aromatic carbocycles. The number of hydrogen-bond donors (Lipinski definition) is 1. The Morgan fingerprint density at radius 2 is 1.80 bits per heavy atom. The maximum Gasteiger partial charge on any atom is 0.157 e. The van der Waals surface area contributed by atoms with E-state index in [0.29, 0.717) is 11.4 Å². The Morgan fingerprint density at radius 1 is 1.00 bits per heavy atom. The van der Waals surface area contributed by atoms with Crippen molar-refractivity contribution in [3.8, 4) is 0 Å². The molecule has 0 aliphatic carbocycles. The molecule has 1 heterocycles. The topological polar surface area (TPSA) is 50.2 Å². The summed E-state index contributed by atoms with van der Waals surface area (Å²) in [6, 6.07) is 14.0. The van der Waals surface area contributed by atoms with Gasteiger partial charge in [0.15, 0.2) is 5.82 Å². The summed E-state index contributed by atoms with van der Waals surface area (Å²) in [6.45, 7) is 0. The molecule has 0 saturated heterocycles. The summed E-state index contributed by atoms with van der Waals surface area (Å²) in [6.07, 6.45) is 2.88. The number of rotatable bonds is 3. The molecule has 4 nitrogen and oxygen atoms in total. The van der Waals surface area contributed by atoms with Crippen LogP contribution < -0.4 is 5.43 Å². The summed E-state index contributed by atoms with van der Waals surface area (Å²) in [7, 11) is 0. The summed E-state index contributed by atoms with van der Waals surface area (Å²) in [5, 5.41) is 4.88. The zero-order valence-corrected chi connectivity index (χ0v) is 10.5. The second-order valence-electron chi connectivity index (χ2n) is 4.13. The Balaban J connectivity index is 1.86. The normalized spacial score (nSPS) is 11.1. The summed E-state index contributed by atoms with van der Waals surface area (Å²) >= 11 is 0. The predicted molar refractivity (Wildman–Crippen MR) is 77.2 cm³/mol. The molecule has 0 fully saturated rings. The van der Waals surface area contributed by atoms with Gasteiger partial charge in [0.25, 0.3) is 0 Å². The largest absolute Gasteiger partial charge is 0.261 e. The van der Waals surface area contributed by atoms with Crippen LogP contribution in [0.5, 0.6) is 0 Å². The van der Waals surface area contributed by atoms with E-state index in [1.165, 1.54) is 18.6 Å². The fourth-order valence-electron chi connectivity index (χ4n) is 1.84. The molecular weight excluding hydrogens is 255 g/mol. The minimum absolute atomic E-state index is 0.314. The summed E-state index contributed by atoms with van der Waals surface area (Å²) in [5.74, 6) is 0.272. The molecule has 0 bridgehead atoms. The lowest BCUT2D eigenvalue weighted by Crippen LogP contribution is -1.96. The van der Waals surface area contributed by atoms with Crippen molar-refractivity contribution in [3.05, 3.63) is 66.2 Å². The first-order valence-electron chi connectivity index (χ1n) is 6.08. The zero-order chi connectivity index (χ0) is 13.8. The van der Waals surface area contributed by atoms with E-state index in [9.17, 15) is 4.39 Å². The maximum atomic E-state index is 13.4. The highest BCUT2D eigenvalue weighted by Crippen LogP contribution is 2.18. The third kappa shape index (κ3) is 2.47. The third-order valence-corrected chi connectivity index (χ3v) is 2.82. The van der Waals surface area contributed by atoms with Crippen molar-refractivity contribution in [1.29, 1.82) is 0 Å². The van der Waals surface area contributed by atoms with E-state index < -0.39 is 0 Å². The molecule has 1 N–H and O–H groups in total. The molecule has 3 rings (SSSR count). The minimum Gasteiger partial charge on any atom is -0.261 e. The van der Waals surface area contributed by atoms with Gasteiger partial charge in [-0.25, -0.2) is 14.4 Å². The molecule has 98 valence electrons. The Labute approximate surface area is 115 Å². The van der Waals surface area contributed by atoms with Gasteiger partial charge in [0.2, 0.25) is 0 Å². The van der Waals surface area contributed by atoms with E-state index in [2.05, 4.69) is 20.5 Å². The van der Waals surface area contributed by atoms with Gasteiger partial charge in [-0.05, 0) is 18.2 Å². The van der Waals surface area contributed by atoms with Gasteiger partial charge in [-0.1, -0.05) is 30.3 Å². The lowest BCUT2D eigenvalue weighted by molar-refractivity contribution is 0.626. The van der Waals surface area contributed by atoms with Crippen molar-refractivity contribution in [3.63, 3.8) is 0 Å². The van der Waals surface area contributed by atoms with Crippen LogP contribution in [0.25, 0.3) is 10.9 Å². The monoisotopic (exact) mass is 266 g/mol. The van der Waals surface area contributed by atoms with Crippen molar-refractivity contribution >= 4 is 22.9 Å². The van der Waals surface area contributed by atoms with E-state index in [1.54, 1.807) is 18.2 Å². The van der Waals surface area contributed by atoms with E-state index in [-0.39, 0.29) is 5.82 Å². The first-order valence-corrected chi connectivity index (χ1v) is 6.08. The third-order valence-electron chi connectivity index (χ3n) is 2.82. The molecule has 3 aromatic rings. The fraction of sp³-hybridized carbons (Fsp3) is 0. The fourth-order valence-corrected chi connectivity index (χ4v) is 1.84. The predicted octanol–water partition coefficient (Wildman–Crippen LogP) is 3.21. The number of aromatic nitrogens is 2. The van der Waals surface area contributed by atoms with Gasteiger partial charge in [-0.2, -0.15) is 5.10 Å². The highest BCUT2D eigenvalue weighted by Gasteiger charge is 2.01. The lowest BCUT2D eigenvalue weighted by atomic mass is 10.2. The molecule has 5 heteroatoms. The number of hydrogen-bond acceptors (Lipinski definition) is 4. The van der Waals surface area contributed by atoms with E-state index in [0.717, 1.165) is 10.9 Å². The van der Waals surface area contributed by atoms with Crippen LogP contribution in [0.4, 0.5) is 10.2 Å². The number of para-hydroxylation sites is 1. The number of nitrogens with zero attached hydrogens (tertiary/aromatic N) is 3. The molecule has 0 amide bonds. The van der Waals surface area contributed by atoms with E-state index in [4.69, 9.17) is 0 Å². The molecule has 0 aliphatic heterocycles. The van der Waals surface area contributed by atoms with Crippen LogP contribution in [-0.4, -0.2) is 16.2 Å². The summed E-state index contributed by atoms with van der Waals surface area (Å²) < 4.78 is 13.4. The Bertz CT molecular complexity index is 765. The number of benzene rings is 2. The quantitative estimate of drug-likeness (QED) is 0.585. The van der Waals surface area contributed by atoms with Crippen molar-refractivity contribution in [2.75, 3.05) is 5.43 Å². The Morgan fingerprint density at radius 3 is 2.70 bits per heavy atom. The first-order chi connectivity index (χ1) is 9.84. The molecule has 0 spiro atoms. The van der Waals surface area contributed by atoms with Crippen molar-refractivity contribution in [1.82, 2.24) is 9.97 Å². The first kappa shape index (κ1) is 12.2. The Kier molecular flexibility index (Phi) is 3.33. The van der Waals surface area contributed by atoms with Crippen LogP contribution in [0.15, 0.2) is 60.0 Å². The van der Waals surface area contributed by atoms with E-state index in [1.807, 2.05) is 24.3 Å². The maximum absolute atomic E-state index is 13.4. The number of hydrazone groups is 1. The smallest absolute Gasteiger partial charge is 0.157 e. The van der Waals surface area contributed by atoms with E-state index >= 15 is 0 Å². The van der Waals surface area contributed by atoms with Gasteiger partial charge >= 0.3 is 0 Å².